The lowest BCUT2D eigenvalue weighted by atomic mass is 9.68. The van der Waals surface area contributed by atoms with Crippen LogP contribution in [0.3, 0.4) is 0 Å². The topological polar surface area (TPSA) is 49.8 Å². The van der Waals surface area contributed by atoms with Crippen molar-refractivity contribution >= 4 is 5.78 Å². The third-order valence-corrected chi connectivity index (χ3v) is 5.07. The second kappa shape index (κ2) is 6.76. The molecular formula is C17H31NO3. The lowest BCUT2D eigenvalue weighted by Gasteiger charge is -2.41. The summed E-state index contributed by atoms with van der Waals surface area (Å²) in [6, 6.07) is 0. The quantitative estimate of drug-likeness (QED) is 0.867. The molecule has 1 aliphatic heterocycles. The first-order chi connectivity index (χ1) is 9.79. The van der Waals surface area contributed by atoms with Gasteiger partial charge in [0, 0.05) is 32.0 Å². The molecule has 1 saturated carbocycles. The van der Waals surface area contributed by atoms with Crippen LogP contribution in [0.2, 0.25) is 0 Å². The fraction of sp³-hybridized carbons (Fsp3) is 0.941. The second-order valence-corrected chi connectivity index (χ2v) is 7.97. The van der Waals surface area contributed by atoms with Crippen LogP contribution in [0, 0.1) is 17.3 Å². The molecule has 2 aliphatic rings. The normalized spacial score (nSPS) is 36.0. The Bertz CT molecular complexity index is 364. The van der Waals surface area contributed by atoms with Crippen molar-refractivity contribution in [1.29, 1.82) is 0 Å². The van der Waals surface area contributed by atoms with E-state index in [1.54, 1.807) is 0 Å². The lowest BCUT2D eigenvalue weighted by Crippen LogP contribution is -2.50. The van der Waals surface area contributed by atoms with E-state index in [9.17, 15) is 9.90 Å². The highest BCUT2D eigenvalue weighted by atomic mass is 16.5. The van der Waals surface area contributed by atoms with Gasteiger partial charge in [-0.25, -0.2) is 0 Å². The average Bonchev–Trinajstić information content (AvgIpc) is 2.39. The summed E-state index contributed by atoms with van der Waals surface area (Å²) in [4.78, 5) is 14.6. The molecule has 1 saturated heterocycles. The Labute approximate surface area is 128 Å². The van der Waals surface area contributed by atoms with Crippen LogP contribution in [0.15, 0.2) is 0 Å². The van der Waals surface area contributed by atoms with Gasteiger partial charge in [0.05, 0.1) is 18.8 Å². The summed E-state index contributed by atoms with van der Waals surface area (Å²) in [6.45, 7) is 11.4. The number of aliphatic hydroxyl groups excluding tert-OH is 1. The summed E-state index contributed by atoms with van der Waals surface area (Å²) in [6.07, 6.45) is 2.81. The minimum atomic E-state index is -0.106. The van der Waals surface area contributed by atoms with Gasteiger partial charge < -0.3 is 9.84 Å². The van der Waals surface area contributed by atoms with Gasteiger partial charge in [0.2, 0.25) is 0 Å². The van der Waals surface area contributed by atoms with Gasteiger partial charge >= 0.3 is 0 Å². The molecular weight excluding hydrogens is 266 g/mol. The summed E-state index contributed by atoms with van der Waals surface area (Å²) >= 11 is 0. The minimum Gasteiger partial charge on any atom is -0.394 e. The van der Waals surface area contributed by atoms with E-state index in [2.05, 4.69) is 25.7 Å². The Hall–Kier alpha value is -0.450. The van der Waals surface area contributed by atoms with Gasteiger partial charge in [-0.2, -0.15) is 0 Å². The molecule has 2 rings (SSSR count). The van der Waals surface area contributed by atoms with E-state index >= 15 is 0 Å². The summed E-state index contributed by atoms with van der Waals surface area (Å²) < 4.78 is 5.68. The standard InChI is InChI=1S/C17H31NO3/c1-12-8-18(10-15(11-19)21-12)9-13-7-14(17(2,3)4)5-6-16(13)20/h12-15,19H,5-11H2,1-4H3. The first-order valence-electron chi connectivity index (χ1n) is 8.31. The zero-order chi connectivity index (χ0) is 15.6. The molecule has 4 atom stereocenters. The van der Waals surface area contributed by atoms with E-state index in [0.29, 0.717) is 11.7 Å². The van der Waals surface area contributed by atoms with E-state index in [-0.39, 0.29) is 30.1 Å². The number of ketones is 1. The first-order valence-corrected chi connectivity index (χ1v) is 8.31. The second-order valence-electron chi connectivity index (χ2n) is 7.97. The fourth-order valence-corrected chi connectivity index (χ4v) is 3.78. The largest absolute Gasteiger partial charge is 0.394 e. The van der Waals surface area contributed by atoms with Gasteiger partial charge in [0.15, 0.2) is 0 Å². The van der Waals surface area contributed by atoms with Gasteiger partial charge in [-0.15, -0.1) is 0 Å². The van der Waals surface area contributed by atoms with Crippen LogP contribution in [-0.4, -0.2) is 54.2 Å². The molecule has 0 radical (unpaired) electrons. The van der Waals surface area contributed by atoms with E-state index < -0.39 is 0 Å². The number of rotatable bonds is 3. The number of Topliss-reactive ketones (excluding diaryl/α,β-unsaturated/α-hetero) is 1. The average molecular weight is 297 g/mol. The van der Waals surface area contributed by atoms with Gasteiger partial charge in [-0.1, -0.05) is 20.8 Å². The molecule has 0 aromatic rings. The van der Waals surface area contributed by atoms with E-state index in [0.717, 1.165) is 38.9 Å². The maximum absolute atomic E-state index is 12.3. The van der Waals surface area contributed by atoms with Crippen molar-refractivity contribution in [2.45, 2.75) is 59.2 Å². The van der Waals surface area contributed by atoms with Crippen molar-refractivity contribution in [1.82, 2.24) is 4.90 Å². The molecule has 21 heavy (non-hydrogen) atoms. The van der Waals surface area contributed by atoms with Crippen molar-refractivity contribution in [3.8, 4) is 0 Å². The summed E-state index contributed by atoms with van der Waals surface area (Å²) in [5.74, 6) is 1.22. The van der Waals surface area contributed by atoms with Gasteiger partial charge in [0.1, 0.15) is 5.78 Å². The Balaban J connectivity index is 1.95. The molecule has 0 spiro atoms. The highest BCUT2D eigenvalue weighted by molar-refractivity contribution is 5.82. The Morgan fingerprint density at radius 1 is 1.33 bits per heavy atom. The lowest BCUT2D eigenvalue weighted by molar-refractivity contribution is -0.130. The van der Waals surface area contributed by atoms with Crippen LogP contribution in [0.25, 0.3) is 0 Å². The summed E-state index contributed by atoms with van der Waals surface area (Å²) in [7, 11) is 0. The molecule has 0 amide bonds. The van der Waals surface area contributed by atoms with Crippen LogP contribution in [0.1, 0.15) is 47.0 Å². The molecule has 1 heterocycles. The predicted octanol–water partition coefficient (Wildman–Crippen LogP) is 2.10. The number of hydrogen-bond acceptors (Lipinski definition) is 4. The smallest absolute Gasteiger partial charge is 0.137 e. The Morgan fingerprint density at radius 2 is 2.05 bits per heavy atom. The van der Waals surface area contributed by atoms with Crippen molar-refractivity contribution < 1.29 is 14.6 Å². The predicted molar refractivity (Wildman–Crippen MR) is 83.2 cm³/mol. The molecule has 2 fully saturated rings. The maximum Gasteiger partial charge on any atom is 0.137 e. The molecule has 4 nitrogen and oxygen atoms in total. The van der Waals surface area contributed by atoms with Crippen molar-refractivity contribution in [2.75, 3.05) is 26.2 Å². The first kappa shape index (κ1) is 16.9. The zero-order valence-corrected chi connectivity index (χ0v) is 14.0. The maximum atomic E-state index is 12.3. The minimum absolute atomic E-state index is 0.0596. The SMILES string of the molecule is CC1CN(CC2CC(C(C)(C)C)CCC2=O)CC(CO)O1. The molecule has 1 N–H and O–H groups in total. The Kier molecular flexibility index (Phi) is 5.44. The number of nitrogens with zero attached hydrogens (tertiary/aromatic N) is 1. The molecule has 1 aliphatic carbocycles. The van der Waals surface area contributed by atoms with Crippen LogP contribution in [0.4, 0.5) is 0 Å². The monoisotopic (exact) mass is 297 g/mol. The molecule has 4 unspecified atom stereocenters. The van der Waals surface area contributed by atoms with E-state index in [1.807, 2.05) is 6.92 Å². The van der Waals surface area contributed by atoms with Crippen molar-refractivity contribution in [2.24, 2.45) is 17.3 Å². The number of carbonyl (C=O) groups excluding carboxylic acids is 1. The highest BCUT2D eigenvalue weighted by Crippen LogP contribution is 2.39. The van der Waals surface area contributed by atoms with Crippen molar-refractivity contribution in [3.63, 3.8) is 0 Å². The number of ether oxygens (including phenoxy) is 1. The van der Waals surface area contributed by atoms with Crippen LogP contribution in [-0.2, 0) is 9.53 Å². The number of aliphatic hydroxyl groups is 1. The van der Waals surface area contributed by atoms with Crippen LogP contribution < -0.4 is 0 Å². The summed E-state index contributed by atoms with van der Waals surface area (Å²) in [5, 5.41) is 9.31. The molecule has 0 aromatic heterocycles. The van der Waals surface area contributed by atoms with E-state index in [1.165, 1.54) is 0 Å². The Morgan fingerprint density at radius 3 is 2.67 bits per heavy atom. The van der Waals surface area contributed by atoms with E-state index in [4.69, 9.17) is 4.74 Å². The van der Waals surface area contributed by atoms with Gasteiger partial charge in [0.25, 0.3) is 0 Å². The van der Waals surface area contributed by atoms with Crippen molar-refractivity contribution in [3.05, 3.63) is 0 Å². The number of hydrogen-bond donors (Lipinski definition) is 1. The fourth-order valence-electron chi connectivity index (χ4n) is 3.78. The molecule has 0 bridgehead atoms. The van der Waals surface area contributed by atoms with Crippen LogP contribution >= 0.6 is 0 Å². The highest BCUT2D eigenvalue weighted by Gasteiger charge is 2.36. The molecule has 4 heteroatoms. The number of carbonyl (C=O) groups is 1. The zero-order valence-electron chi connectivity index (χ0n) is 14.0. The van der Waals surface area contributed by atoms with Gasteiger partial charge in [-0.3, -0.25) is 9.69 Å². The molecule has 122 valence electrons. The third kappa shape index (κ3) is 4.51. The molecule has 0 aromatic carbocycles. The van der Waals surface area contributed by atoms with Crippen LogP contribution in [0.5, 0.6) is 0 Å². The number of morpholine rings is 1. The summed E-state index contributed by atoms with van der Waals surface area (Å²) in [5.41, 5.74) is 0.283. The third-order valence-electron chi connectivity index (χ3n) is 5.07. The van der Waals surface area contributed by atoms with Gasteiger partial charge in [-0.05, 0) is 31.1 Å².